The molecule has 3 atom stereocenters. The van der Waals surface area contributed by atoms with Crippen LogP contribution in [0.4, 0.5) is 0 Å². The molecule has 0 aromatic rings. The van der Waals surface area contributed by atoms with Gasteiger partial charge in [-0.05, 0) is 13.8 Å². The number of nitrogens with one attached hydrogen (secondary N) is 1. The van der Waals surface area contributed by atoms with Gasteiger partial charge >= 0.3 is 0 Å². The Morgan fingerprint density at radius 1 is 1.53 bits per heavy atom. The molecule has 3 N–H and O–H groups in total. The van der Waals surface area contributed by atoms with E-state index in [9.17, 15) is 4.79 Å². The van der Waals surface area contributed by atoms with Crippen molar-refractivity contribution in [3.63, 3.8) is 0 Å². The van der Waals surface area contributed by atoms with E-state index in [1.165, 1.54) is 0 Å². The minimum atomic E-state index is -0.109. The van der Waals surface area contributed by atoms with Gasteiger partial charge in [-0.3, -0.25) is 15.1 Å². The summed E-state index contributed by atoms with van der Waals surface area (Å²) < 4.78 is 5.62. The summed E-state index contributed by atoms with van der Waals surface area (Å²) in [5.74, 6) is 4.90. The van der Waals surface area contributed by atoms with Crippen LogP contribution < -0.4 is 11.3 Å². The predicted octanol–water partition coefficient (Wildman–Crippen LogP) is -0.278. The van der Waals surface area contributed by atoms with E-state index in [-0.39, 0.29) is 24.0 Å². The summed E-state index contributed by atoms with van der Waals surface area (Å²) in [4.78, 5) is 13.5. The summed E-state index contributed by atoms with van der Waals surface area (Å²) in [6.45, 7) is 8.49. The lowest BCUT2D eigenvalue weighted by molar-refractivity contribution is -0.126. The van der Waals surface area contributed by atoms with Crippen molar-refractivity contribution in [1.82, 2.24) is 10.3 Å². The molecule has 1 aliphatic heterocycles. The molecule has 0 bridgehead atoms. The molecule has 1 heterocycles. The van der Waals surface area contributed by atoms with E-state index in [0.717, 1.165) is 19.6 Å². The highest BCUT2D eigenvalue weighted by atomic mass is 16.5. The van der Waals surface area contributed by atoms with Crippen LogP contribution >= 0.6 is 0 Å². The Morgan fingerprint density at radius 3 is 2.53 bits per heavy atom. The minimum absolute atomic E-state index is 0.0764. The average molecular weight is 215 g/mol. The zero-order chi connectivity index (χ0) is 11.4. The van der Waals surface area contributed by atoms with Gasteiger partial charge in [0.1, 0.15) is 0 Å². The number of nitrogens with two attached hydrogens (primary N) is 1. The van der Waals surface area contributed by atoms with Crippen LogP contribution in [0.3, 0.4) is 0 Å². The van der Waals surface area contributed by atoms with E-state index in [1.807, 2.05) is 6.92 Å². The van der Waals surface area contributed by atoms with Gasteiger partial charge in [0.2, 0.25) is 5.91 Å². The molecular weight excluding hydrogens is 194 g/mol. The number of nitrogens with zero attached hydrogens (tertiary/aromatic N) is 1. The monoisotopic (exact) mass is 215 g/mol. The fourth-order valence-corrected chi connectivity index (χ4v) is 2.05. The first-order valence-electron chi connectivity index (χ1n) is 5.41. The van der Waals surface area contributed by atoms with E-state index in [4.69, 9.17) is 10.6 Å². The van der Waals surface area contributed by atoms with Gasteiger partial charge in [-0.2, -0.15) is 0 Å². The van der Waals surface area contributed by atoms with Crippen molar-refractivity contribution in [1.29, 1.82) is 0 Å². The molecule has 0 spiro atoms. The van der Waals surface area contributed by atoms with Crippen LogP contribution in [0.2, 0.25) is 0 Å². The number of ether oxygens (including phenoxy) is 1. The Kier molecular flexibility index (Phi) is 4.50. The molecule has 0 aliphatic carbocycles. The molecule has 1 fully saturated rings. The van der Waals surface area contributed by atoms with Gasteiger partial charge in [0, 0.05) is 25.6 Å². The third-order valence-corrected chi connectivity index (χ3v) is 2.62. The van der Waals surface area contributed by atoms with E-state index in [0.29, 0.717) is 0 Å². The SMILES string of the molecule is CC1CN(CC(C)C(=O)NN)CC(C)O1. The number of hydrogen-bond acceptors (Lipinski definition) is 4. The Balaban J connectivity index is 2.40. The first-order valence-corrected chi connectivity index (χ1v) is 5.41. The maximum atomic E-state index is 11.3. The zero-order valence-corrected chi connectivity index (χ0v) is 9.69. The van der Waals surface area contributed by atoms with Crippen LogP contribution in [0.15, 0.2) is 0 Å². The smallest absolute Gasteiger partial charge is 0.237 e. The maximum Gasteiger partial charge on any atom is 0.237 e. The number of morpholine rings is 1. The van der Waals surface area contributed by atoms with Crippen LogP contribution in [-0.4, -0.2) is 42.6 Å². The lowest BCUT2D eigenvalue weighted by Crippen LogP contribution is -2.49. The summed E-state index contributed by atoms with van der Waals surface area (Å²) in [6, 6.07) is 0. The van der Waals surface area contributed by atoms with Crippen LogP contribution in [0.1, 0.15) is 20.8 Å². The highest BCUT2D eigenvalue weighted by molar-refractivity contribution is 5.77. The highest BCUT2D eigenvalue weighted by Crippen LogP contribution is 2.12. The third kappa shape index (κ3) is 3.77. The third-order valence-electron chi connectivity index (χ3n) is 2.62. The summed E-state index contributed by atoms with van der Waals surface area (Å²) in [7, 11) is 0. The van der Waals surface area contributed by atoms with E-state index < -0.39 is 0 Å². The Morgan fingerprint density at radius 2 is 2.07 bits per heavy atom. The van der Waals surface area contributed by atoms with Crippen molar-refractivity contribution in [2.75, 3.05) is 19.6 Å². The molecule has 1 rings (SSSR count). The van der Waals surface area contributed by atoms with Crippen molar-refractivity contribution >= 4 is 5.91 Å². The van der Waals surface area contributed by atoms with Gasteiger partial charge in [0.25, 0.3) is 0 Å². The molecule has 1 aliphatic rings. The largest absolute Gasteiger partial charge is 0.373 e. The number of hydrazine groups is 1. The molecule has 0 aromatic heterocycles. The van der Waals surface area contributed by atoms with Crippen LogP contribution in [-0.2, 0) is 9.53 Å². The van der Waals surface area contributed by atoms with Gasteiger partial charge in [-0.1, -0.05) is 6.92 Å². The molecule has 3 unspecified atom stereocenters. The fraction of sp³-hybridized carbons (Fsp3) is 0.900. The molecule has 5 heteroatoms. The number of carbonyl (C=O) groups is 1. The van der Waals surface area contributed by atoms with Gasteiger partial charge in [-0.15, -0.1) is 0 Å². The second-order valence-corrected chi connectivity index (χ2v) is 4.39. The van der Waals surface area contributed by atoms with Crippen molar-refractivity contribution in [3.8, 4) is 0 Å². The number of hydrogen-bond donors (Lipinski definition) is 2. The molecule has 0 aromatic carbocycles. The zero-order valence-electron chi connectivity index (χ0n) is 9.69. The normalized spacial score (nSPS) is 29.9. The lowest BCUT2D eigenvalue weighted by Gasteiger charge is -2.36. The van der Waals surface area contributed by atoms with Gasteiger partial charge in [-0.25, -0.2) is 5.84 Å². The van der Waals surface area contributed by atoms with Crippen molar-refractivity contribution in [2.24, 2.45) is 11.8 Å². The first kappa shape index (κ1) is 12.4. The highest BCUT2D eigenvalue weighted by Gasteiger charge is 2.24. The van der Waals surface area contributed by atoms with Gasteiger partial charge < -0.3 is 4.74 Å². The van der Waals surface area contributed by atoms with E-state index >= 15 is 0 Å². The van der Waals surface area contributed by atoms with Gasteiger partial charge in [0.05, 0.1) is 12.2 Å². The molecule has 1 saturated heterocycles. The lowest BCUT2D eigenvalue weighted by atomic mass is 10.1. The van der Waals surface area contributed by atoms with Crippen LogP contribution in [0, 0.1) is 5.92 Å². The molecule has 15 heavy (non-hydrogen) atoms. The Labute approximate surface area is 90.9 Å². The van der Waals surface area contributed by atoms with Crippen LogP contribution in [0.5, 0.6) is 0 Å². The number of rotatable bonds is 3. The van der Waals surface area contributed by atoms with Crippen LogP contribution in [0.25, 0.3) is 0 Å². The summed E-state index contributed by atoms with van der Waals surface area (Å²) in [5.41, 5.74) is 2.18. The van der Waals surface area contributed by atoms with Crippen molar-refractivity contribution in [3.05, 3.63) is 0 Å². The molecule has 0 saturated carbocycles. The van der Waals surface area contributed by atoms with E-state index in [1.54, 1.807) is 0 Å². The standard InChI is InChI=1S/C10H21N3O2/c1-7(10(14)12-11)4-13-5-8(2)15-9(3)6-13/h7-9H,4-6,11H2,1-3H3,(H,12,14). The summed E-state index contributed by atoms with van der Waals surface area (Å²) in [6.07, 6.45) is 0.476. The van der Waals surface area contributed by atoms with Crippen molar-refractivity contribution < 1.29 is 9.53 Å². The molecular formula is C10H21N3O2. The number of amides is 1. The second kappa shape index (κ2) is 5.44. The summed E-state index contributed by atoms with van der Waals surface area (Å²) >= 11 is 0. The average Bonchev–Trinajstić information content (AvgIpc) is 2.14. The molecule has 1 amide bonds. The Hall–Kier alpha value is -0.650. The van der Waals surface area contributed by atoms with Gasteiger partial charge in [0.15, 0.2) is 0 Å². The number of carbonyl (C=O) groups excluding carboxylic acids is 1. The minimum Gasteiger partial charge on any atom is -0.373 e. The summed E-state index contributed by atoms with van der Waals surface area (Å²) in [5, 5.41) is 0. The first-order chi connectivity index (χ1) is 7.02. The quantitative estimate of drug-likeness (QED) is 0.386. The van der Waals surface area contributed by atoms with E-state index in [2.05, 4.69) is 24.2 Å². The molecule has 88 valence electrons. The Bertz CT molecular complexity index is 213. The maximum absolute atomic E-state index is 11.3. The second-order valence-electron chi connectivity index (χ2n) is 4.39. The predicted molar refractivity (Wildman–Crippen MR) is 57.9 cm³/mol. The van der Waals surface area contributed by atoms with Crippen molar-refractivity contribution in [2.45, 2.75) is 33.0 Å². The molecule has 5 nitrogen and oxygen atoms in total. The fourth-order valence-electron chi connectivity index (χ4n) is 2.05. The molecule has 0 radical (unpaired) electrons. The topological polar surface area (TPSA) is 67.6 Å².